The van der Waals surface area contributed by atoms with E-state index in [-0.39, 0.29) is 12.1 Å². The number of amides is 1. The van der Waals surface area contributed by atoms with E-state index in [2.05, 4.69) is 17.3 Å². The predicted octanol–water partition coefficient (Wildman–Crippen LogP) is 0.757. The van der Waals surface area contributed by atoms with Crippen molar-refractivity contribution in [2.45, 2.75) is 32.4 Å². The molecule has 0 spiro atoms. The van der Waals surface area contributed by atoms with Gasteiger partial charge in [-0.3, -0.25) is 0 Å². The zero-order valence-electron chi connectivity index (χ0n) is 11.6. The van der Waals surface area contributed by atoms with E-state index in [9.17, 15) is 4.79 Å². The number of hydrogen-bond donors (Lipinski definition) is 1. The van der Waals surface area contributed by atoms with E-state index in [0.717, 1.165) is 26.2 Å². The Morgan fingerprint density at radius 3 is 2.59 bits per heavy atom. The summed E-state index contributed by atoms with van der Waals surface area (Å²) in [4.78, 5) is 16.1. The van der Waals surface area contributed by atoms with Gasteiger partial charge in [0.15, 0.2) is 0 Å². The monoisotopic (exact) mass is 243 g/mol. The van der Waals surface area contributed by atoms with Crippen LogP contribution in [-0.4, -0.2) is 67.8 Å². The van der Waals surface area contributed by atoms with Gasteiger partial charge < -0.3 is 19.9 Å². The minimum atomic E-state index is -0.426. The van der Waals surface area contributed by atoms with Gasteiger partial charge in [-0.1, -0.05) is 0 Å². The highest BCUT2D eigenvalue weighted by molar-refractivity contribution is 5.68. The molecular formula is C12H25N3O2. The molecule has 1 aliphatic heterocycles. The van der Waals surface area contributed by atoms with Crippen molar-refractivity contribution in [2.24, 2.45) is 0 Å². The highest BCUT2D eigenvalue weighted by atomic mass is 16.6. The first kappa shape index (κ1) is 14.3. The standard InChI is InChI=1S/C12H25N3O2/c1-12(2,3)17-11(16)15-7-6-14(5)9-10(15)8-13-4/h10,13H,6-9H2,1-5H3. The third-order valence-corrected chi connectivity index (χ3v) is 2.75. The van der Waals surface area contributed by atoms with Crippen LogP contribution in [0.15, 0.2) is 0 Å². The molecule has 1 heterocycles. The Morgan fingerprint density at radius 2 is 2.06 bits per heavy atom. The van der Waals surface area contributed by atoms with Crippen molar-refractivity contribution in [3.63, 3.8) is 0 Å². The number of carbonyl (C=O) groups is 1. The summed E-state index contributed by atoms with van der Waals surface area (Å²) in [6.45, 7) is 9.01. The van der Waals surface area contributed by atoms with Crippen LogP contribution in [0.3, 0.4) is 0 Å². The Kier molecular flexibility index (Phi) is 4.77. The Balaban J connectivity index is 2.62. The van der Waals surface area contributed by atoms with E-state index in [1.165, 1.54) is 0 Å². The lowest BCUT2D eigenvalue weighted by atomic mass is 10.1. The van der Waals surface area contributed by atoms with Crippen molar-refractivity contribution in [3.05, 3.63) is 0 Å². The smallest absolute Gasteiger partial charge is 0.410 e. The number of piperazine rings is 1. The number of likely N-dealkylation sites (N-methyl/N-ethyl adjacent to an activating group) is 2. The molecule has 1 amide bonds. The highest BCUT2D eigenvalue weighted by Crippen LogP contribution is 2.14. The van der Waals surface area contributed by atoms with Crippen LogP contribution in [0.25, 0.3) is 0 Å². The second kappa shape index (κ2) is 5.69. The van der Waals surface area contributed by atoms with Crippen molar-refractivity contribution in [3.8, 4) is 0 Å². The highest BCUT2D eigenvalue weighted by Gasteiger charge is 2.31. The summed E-state index contributed by atoms with van der Waals surface area (Å²) in [5.74, 6) is 0. The molecule has 1 fully saturated rings. The first-order chi connectivity index (χ1) is 7.83. The number of ether oxygens (including phenoxy) is 1. The first-order valence-corrected chi connectivity index (χ1v) is 6.16. The van der Waals surface area contributed by atoms with Crippen LogP contribution in [0.2, 0.25) is 0 Å². The van der Waals surface area contributed by atoms with Crippen molar-refractivity contribution in [1.29, 1.82) is 0 Å². The Bertz CT molecular complexity index is 263. The lowest BCUT2D eigenvalue weighted by Crippen LogP contribution is -2.57. The lowest BCUT2D eigenvalue weighted by Gasteiger charge is -2.40. The van der Waals surface area contributed by atoms with Crippen molar-refractivity contribution in [2.75, 3.05) is 40.3 Å². The molecule has 1 unspecified atom stereocenters. The van der Waals surface area contributed by atoms with Crippen molar-refractivity contribution < 1.29 is 9.53 Å². The van der Waals surface area contributed by atoms with Crippen molar-refractivity contribution >= 4 is 6.09 Å². The second-order valence-electron chi connectivity index (χ2n) is 5.65. The van der Waals surface area contributed by atoms with Gasteiger partial charge in [-0.25, -0.2) is 4.79 Å². The molecule has 1 saturated heterocycles. The molecule has 0 radical (unpaired) electrons. The molecular weight excluding hydrogens is 218 g/mol. The van der Waals surface area contributed by atoms with Gasteiger partial charge in [-0.05, 0) is 34.9 Å². The molecule has 1 N–H and O–H groups in total. The van der Waals surface area contributed by atoms with Gasteiger partial charge in [0, 0.05) is 26.2 Å². The molecule has 1 rings (SSSR count). The van der Waals surface area contributed by atoms with E-state index < -0.39 is 5.60 Å². The van der Waals surface area contributed by atoms with Gasteiger partial charge in [0.05, 0.1) is 6.04 Å². The SMILES string of the molecule is CNCC1CN(C)CCN1C(=O)OC(C)(C)C. The molecule has 0 saturated carbocycles. The van der Waals surface area contributed by atoms with Crippen LogP contribution in [0.1, 0.15) is 20.8 Å². The molecule has 100 valence electrons. The molecule has 0 aromatic carbocycles. The zero-order chi connectivity index (χ0) is 13.1. The van der Waals surface area contributed by atoms with Crippen LogP contribution >= 0.6 is 0 Å². The first-order valence-electron chi connectivity index (χ1n) is 6.16. The average Bonchev–Trinajstić information content (AvgIpc) is 2.15. The number of rotatable bonds is 2. The van der Waals surface area contributed by atoms with Gasteiger partial charge in [0.25, 0.3) is 0 Å². The zero-order valence-corrected chi connectivity index (χ0v) is 11.6. The van der Waals surface area contributed by atoms with Crippen molar-refractivity contribution in [1.82, 2.24) is 15.1 Å². The number of hydrogen-bond acceptors (Lipinski definition) is 4. The van der Waals surface area contributed by atoms with Gasteiger partial charge >= 0.3 is 6.09 Å². The third kappa shape index (κ3) is 4.52. The normalized spacial score (nSPS) is 22.6. The second-order valence-corrected chi connectivity index (χ2v) is 5.65. The molecule has 0 aromatic rings. The minimum Gasteiger partial charge on any atom is -0.444 e. The molecule has 1 aliphatic rings. The molecule has 17 heavy (non-hydrogen) atoms. The van der Waals surface area contributed by atoms with Crippen LogP contribution in [-0.2, 0) is 4.74 Å². The Morgan fingerprint density at radius 1 is 1.41 bits per heavy atom. The van der Waals surface area contributed by atoms with Gasteiger partial charge in [-0.15, -0.1) is 0 Å². The van der Waals surface area contributed by atoms with Crippen LogP contribution in [0, 0.1) is 0 Å². The summed E-state index contributed by atoms with van der Waals surface area (Å²) in [5, 5.41) is 3.13. The molecule has 5 heteroatoms. The topological polar surface area (TPSA) is 44.8 Å². The Labute approximate surface area is 104 Å². The summed E-state index contributed by atoms with van der Waals surface area (Å²) >= 11 is 0. The summed E-state index contributed by atoms with van der Waals surface area (Å²) in [7, 11) is 3.98. The van der Waals surface area contributed by atoms with Crippen LogP contribution < -0.4 is 5.32 Å². The van der Waals surface area contributed by atoms with Gasteiger partial charge in [-0.2, -0.15) is 0 Å². The number of nitrogens with one attached hydrogen (secondary N) is 1. The van der Waals surface area contributed by atoms with E-state index in [0.29, 0.717) is 0 Å². The summed E-state index contributed by atoms with van der Waals surface area (Å²) in [6, 6.07) is 0.189. The summed E-state index contributed by atoms with van der Waals surface area (Å²) in [5.41, 5.74) is -0.426. The lowest BCUT2D eigenvalue weighted by molar-refractivity contribution is 0.00196. The summed E-state index contributed by atoms with van der Waals surface area (Å²) < 4.78 is 5.43. The van der Waals surface area contributed by atoms with Crippen LogP contribution in [0.4, 0.5) is 4.79 Å². The fourth-order valence-corrected chi connectivity index (χ4v) is 1.98. The maximum Gasteiger partial charge on any atom is 0.410 e. The molecule has 0 bridgehead atoms. The predicted molar refractivity (Wildman–Crippen MR) is 68.2 cm³/mol. The van der Waals surface area contributed by atoms with Crippen LogP contribution in [0.5, 0.6) is 0 Å². The Hall–Kier alpha value is -0.810. The maximum absolute atomic E-state index is 12.1. The number of carbonyl (C=O) groups excluding carboxylic acids is 1. The fourth-order valence-electron chi connectivity index (χ4n) is 1.98. The molecule has 1 atom stereocenters. The van der Waals surface area contributed by atoms with Gasteiger partial charge in [0.2, 0.25) is 0 Å². The average molecular weight is 243 g/mol. The fraction of sp³-hybridized carbons (Fsp3) is 0.917. The minimum absolute atomic E-state index is 0.189. The van der Waals surface area contributed by atoms with E-state index in [4.69, 9.17) is 4.74 Å². The van der Waals surface area contributed by atoms with E-state index in [1.807, 2.05) is 32.7 Å². The molecule has 0 aromatic heterocycles. The van der Waals surface area contributed by atoms with Gasteiger partial charge in [0.1, 0.15) is 5.60 Å². The molecule has 0 aliphatic carbocycles. The summed E-state index contributed by atoms with van der Waals surface area (Å²) in [6.07, 6.45) is -0.203. The third-order valence-electron chi connectivity index (χ3n) is 2.75. The largest absolute Gasteiger partial charge is 0.444 e. The quantitative estimate of drug-likeness (QED) is 0.777. The maximum atomic E-state index is 12.1. The van der Waals surface area contributed by atoms with E-state index >= 15 is 0 Å². The molecule has 5 nitrogen and oxygen atoms in total. The number of nitrogens with zero attached hydrogens (tertiary/aromatic N) is 2. The van der Waals surface area contributed by atoms with E-state index in [1.54, 1.807) is 0 Å².